The fraction of sp³-hybridized carbons (Fsp3) is 0.400. The van der Waals surface area contributed by atoms with E-state index >= 15 is 0 Å². The van der Waals surface area contributed by atoms with Gasteiger partial charge in [-0.15, -0.1) is 11.8 Å². The van der Waals surface area contributed by atoms with E-state index < -0.39 is 10.7 Å². The molecule has 14 heavy (non-hydrogen) atoms. The summed E-state index contributed by atoms with van der Waals surface area (Å²) in [4.78, 5) is 15.8. The number of aryl methyl sites for hydroxylation is 1. The van der Waals surface area contributed by atoms with Crippen molar-refractivity contribution in [1.29, 1.82) is 0 Å². The summed E-state index contributed by atoms with van der Waals surface area (Å²) in [7, 11) is 0. The van der Waals surface area contributed by atoms with Gasteiger partial charge in [0, 0.05) is 16.8 Å². The number of nitrogens with zero attached hydrogens (tertiary/aromatic N) is 1. The maximum Gasteiger partial charge on any atom is 0.319 e. The van der Waals surface area contributed by atoms with E-state index in [4.69, 9.17) is 5.11 Å². The minimum Gasteiger partial charge on any atom is -0.480 e. The second kappa shape index (κ2) is 4.00. The highest BCUT2D eigenvalue weighted by Gasteiger charge is 2.28. The first-order valence-electron chi connectivity index (χ1n) is 4.27. The van der Waals surface area contributed by atoms with Gasteiger partial charge < -0.3 is 5.11 Å². The molecule has 1 N–H and O–H groups in total. The Bertz CT molecular complexity index is 332. The van der Waals surface area contributed by atoms with Gasteiger partial charge in [-0.3, -0.25) is 9.78 Å². The van der Waals surface area contributed by atoms with Gasteiger partial charge in [0.2, 0.25) is 0 Å². The molecule has 0 aliphatic heterocycles. The average molecular weight is 211 g/mol. The van der Waals surface area contributed by atoms with E-state index in [1.54, 1.807) is 20.0 Å². The number of thioether (sulfide) groups is 1. The molecule has 1 rings (SSSR count). The van der Waals surface area contributed by atoms with Gasteiger partial charge in [-0.1, -0.05) is 0 Å². The van der Waals surface area contributed by atoms with E-state index in [9.17, 15) is 4.79 Å². The first-order chi connectivity index (χ1) is 6.42. The predicted octanol–water partition coefficient (Wildman–Crippen LogP) is 2.35. The third-order valence-corrected chi connectivity index (χ3v) is 2.93. The van der Waals surface area contributed by atoms with E-state index in [1.165, 1.54) is 11.8 Å². The molecule has 0 bridgehead atoms. The summed E-state index contributed by atoms with van der Waals surface area (Å²) in [6.45, 7) is 5.26. The fourth-order valence-corrected chi connectivity index (χ4v) is 1.77. The third-order valence-electron chi connectivity index (χ3n) is 1.77. The van der Waals surface area contributed by atoms with Crippen molar-refractivity contribution >= 4 is 17.7 Å². The van der Waals surface area contributed by atoms with Crippen LogP contribution in [0.2, 0.25) is 0 Å². The summed E-state index contributed by atoms with van der Waals surface area (Å²) in [6, 6.07) is 3.76. The highest BCUT2D eigenvalue weighted by atomic mass is 32.2. The van der Waals surface area contributed by atoms with Gasteiger partial charge in [0.25, 0.3) is 0 Å². The number of aliphatic carboxylic acids is 1. The molecule has 1 aromatic heterocycles. The monoisotopic (exact) mass is 211 g/mol. The maximum absolute atomic E-state index is 10.9. The molecule has 0 unspecified atom stereocenters. The standard InChI is InChI=1S/C10H13NO2S/c1-7-4-5-8(6-11-7)14-10(2,3)9(12)13/h4-6H,1-3H3,(H,12,13). The third kappa shape index (κ3) is 2.73. The fourth-order valence-electron chi connectivity index (χ4n) is 0.853. The Balaban J connectivity index is 2.79. The van der Waals surface area contributed by atoms with Crippen LogP contribution in [0.15, 0.2) is 23.2 Å². The van der Waals surface area contributed by atoms with Crippen molar-refractivity contribution in [2.45, 2.75) is 30.4 Å². The van der Waals surface area contributed by atoms with Gasteiger partial charge in [0.15, 0.2) is 0 Å². The lowest BCUT2D eigenvalue weighted by atomic mass is 10.2. The molecule has 1 aromatic rings. The molecule has 0 fully saturated rings. The maximum atomic E-state index is 10.9. The predicted molar refractivity (Wildman–Crippen MR) is 56.5 cm³/mol. The highest BCUT2D eigenvalue weighted by Crippen LogP contribution is 2.31. The van der Waals surface area contributed by atoms with E-state index in [-0.39, 0.29) is 0 Å². The molecule has 0 aliphatic rings. The lowest BCUT2D eigenvalue weighted by Crippen LogP contribution is -2.26. The van der Waals surface area contributed by atoms with E-state index in [1.807, 2.05) is 19.1 Å². The van der Waals surface area contributed by atoms with Crippen molar-refractivity contribution < 1.29 is 9.90 Å². The summed E-state index contributed by atoms with van der Waals surface area (Å²) in [5, 5.41) is 8.92. The molecule has 76 valence electrons. The van der Waals surface area contributed by atoms with Gasteiger partial charge in [0.1, 0.15) is 4.75 Å². The molecular weight excluding hydrogens is 198 g/mol. The molecule has 0 aliphatic carbocycles. The van der Waals surface area contributed by atoms with E-state index in [2.05, 4.69) is 4.98 Å². The van der Waals surface area contributed by atoms with Crippen LogP contribution in [-0.2, 0) is 4.79 Å². The van der Waals surface area contributed by atoms with Crippen molar-refractivity contribution in [3.05, 3.63) is 24.0 Å². The molecular formula is C10H13NO2S. The van der Waals surface area contributed by atoms with Crippen LogP contribution in [0.4, 0.5) is 0 Å². The zero-order valence-corrected chi connectivity index (χ0v) is 9.26. The van der Waals surface area contributed by atoms with Crippen molar-refractivity contribution in [3.63, 3.8) is 0 Å². The zero-order valence-electron chi connectivity index (χ0n) is 8.44. The van der Waals surface area contributed by atoms with Crippen molar-refractivity contribution in [3.8, 4) is 0 Å². The van der Waals surface area contributed by atoms with Crippen LogP contribution in [0.5, 0.6) is 0 Å². The molecule has 1 heterocycles. The molecule has 0 saturated heterocycles. The summed E-state index contributed by atoms with van der Waals surface area (Å²) in [5.41, 5.74) is 0.933. The molecule has 3 nitrogen and oxygen atoms in total. The zero-order chi connectivity index (χ0) is 10.8. The van der Waals surface area contributed by atoms with E-state index in [0.29, 0.717) is 0 Å². The van der Waals surface area contributed by atoms with Crippen LogP contribution in [-0.4, -0.2) is 20.8 Å². The van der Waals surface area contributed by atoms with Gasteiger partial charge in [0.05, 0.1) is 0 Å². The molecule has 0 radical (unpaired) electrons. The molecule has 0 aromatic carbocycles. The van der Waals surface area contributed by atoms with Gasteiger partial charge in [-0.25, -0.2) is 0 Å². The molecule has 0 saturated carbocycles. The Kier molecular flexibility index (Phi) is 3.16. The molecule has 0 amide bonds. The minimum absolute atomic E-state index is 0.809. The van der Waals surface area contributed by atoms with Crippen LogP contribution in [0, 0.1) is 6.92 Å². The quantitative estimate of drug-likeness (QED) is 0.780. The normalized spacial score (nSPS) is 11.4. The highest BCUT2D eigenvalue weighted by molar-refractivity contribution is 8.01. The van der Waals surface area contributed by atoms with Crippen molar-refractivity contribution in [1.82, 2.24) is 4.98 Å². The summed E-state index contributed by atoms with van der Waals surface area (Å²) in [6.07, 6.45) is 1.70. The molecule has 0 atom stereocenters. The lowest BCUT2D eigenvalue weighted by Gasteiger charge is -2.17. The summed E-state index contributed by atoms with van der Waals surface area (Å²) >= 11 is 1.30. The number of pyridine rings is 1. The first kappa shape index (κ1) is 11.0. The van der Waals surface area contributed by atoms with Crippen LogP contribution >= 0.6 is 11.8 Å². The first-order valence-corrected chi connectivity index (χ1v) is 5.08. The lowest BCUT2D eigenvalue weighted by molar-refractivity contribution is -0.138. The van der Waals surface area contributed by atoms with E-state index in [0.717, 1.165) is 10.6 Å². The summed E-state index contributed by atoms with van der Waals surface area (Å²) in [5.74, 6) is -0.817. The van der Waals surface area contributed by atoms with Crippen LogP contribution in [0.25, 0.3) is 0 Å². The number of carbonyl (C=O) groups is 1. The number of aromatic nitrogens is 1. The largest absolute Gasteiger partial charge is 0.480 e. The second-order valence-electron chi connectivity index (χ2n) is 3.55. The Morgan fingerprint density at radius 1 is 1.50 bits per heavy atom. The number of carboxylic acids is 1. The Morgan fingerprint density at radius 3 is 2.57 bits per heavy atom. The average Bonchev–Trinajstić information content (AvgIpc) is 2.08. The number of hydrogen-bond acceptors (Lipinski definition) is 3. The summed E-state index contributed by atoms with van der Waals surface area (Å²) < 4.78 is -0.809. The number of rotatable bonds is 3. The number of carboxylic acid groups (broad SMARTS) is 1. The minimum atomic E-state index is -0.817. The van der Waals surface area contributed by atoms with Gasteiger partial charge >= 0.3 is 5.97 Å². The smallest absolute Gasteiger partial charge is 0.319 e. The SMILES string of the molecule is Cc1ccc(SC(C)(C)C(=O)O)cn1. The van der Waals surface area contributed by atoms with Crippen molar-refractivity contribution in [2.75, 3.05) is 0 Å². The van der Waals surface area contributed by atoms with Gasteiger partial charge in [-0.05, 0) is 32.9 Å². The van der Waals surface area contributed by atoms with Crippen LogP contribution in [0.3, 0.4) is 0 Å². The Hall–Kier alpha value is -1.03. The molecule has 0 spiro atoms. The Morgan fingerprint density at radius 2 is 2.14 bits per heavy atom. The van der Waals surface area contributed by atoms with Crippen LogP contribution < -0.4 is 0 Å². The van der Waals surface area contributed by atoms with Gasteiger partial charge in [-0.2, -0.15) is 0 Å². The van der Waals surface area contributed by atoms with Crippen LogP contribution in [0.1, 0.15) is 19.5 Å². The number of hydrogen-bond donors (Lipinski definition) is 1. The Labute approximate surface area is 87.6 Å². The topological polar surface area (TPSA) is 50.2 Å². The second-order valence-corrected chi connectivity index (χ2v) is 5.25. The van der Waals surface area contributed by atoms with Crippen molar-refractivity contribution in [2.24, 2.45) is 0 Å². The molecule has 4 heteroatoms.